The van der Waals surface area contributed by atoms with Gasteiger partial charge in [-0.1, -0.05) is 6.07 Å². The van der Waals surface area contributed by atoms with Gasteiger partial charge in [-0.05, 0) is 26.0 Å². The number of rotatable bonds is 8. The van der Waals surface area contributed by atoms with Crippen molar-refractivity contribution in [2.75, 3.05) is 30.4 Å². The van der Waals surface area contributed by atoms with Gasteiger partial charge in [0.25, 0.3) is 5.69 Å². The maximum absolute atomic E-state index is 10.9. The van der Waals surface area contributed by atoms with Gasteiger partial charge in [0.1, 0.15) is 11.5 Å². The molecule has 1 fully saturated rings. The lowest BCUT2D eigenvalue weighted by Gasteiger charge is -2.47. The molecular formula is C21H27N3O6. The summed E-state index contributed by atoms with van der Waals surface area (Å²) in [5.74, 6) is -0.398. The van der Waals surface area contributed by atoms with E-state index in [0.29, 0.717) is 11.3 Å². The van der Waals surface area contributed by atoms with Crippen molar-refractivity contribution < 1.29 is 25.0 Å². The molecule has 162 valence electrons. The van der Waals surface area contributed by atoms with Crippen molar-refractivity contribution in [3.8, 4) is 11.5 Å². The number of anilines is 2. The van der Waals surface area contributed by atoms with Crippen molar-refractivity contribution in [3.63, 3.8) is 0 Å². The molecule has 1 saturated carbocycles. The second-order valence-corrected chi connectivity index (χ2v) is 7.23. The number of hydrogen-bond donors (Lipinski definition) is 4. The van der Waals surface area contributed by atoms with Crippen LogP contribution in [0.3, 0.4) is 0 Å². The van der Waals surface area contributed by atoms with E-state index in [0.717, 1.165) is 18.8 Å². The lowest BCUT2D eigenvalue weighted by molar-refractivity contribution is -0.384. The molecule has 2 atom stereocenters. The Hall–Kier alpha value is -3.04. The molecule has 30 heavy (non-hydrogen) atoms. The number of aromatic hydroxyl groups is 1. The normalized spacial score (nSPS) is 22.8. The first-order chi connectivity index (χ1) is 14.3. The molecule has 2 aromatic carbocycles. The van der Waals surface area contributed by atoms with Crippen LogP contribution in [0.4, 0.5) is 17.1 Å². The molecule has 2 aromatic rings. The van der Waals surface area contributed by atoms with Crippen molar-refractivity contribution in [1.82, 2.24) is 0 Å². The summed E-state index contributed by atoms with van der Waals surface area (Å²) in [5, 5.41) is 45.7. The van der Waals surface area contributed by atoms with Crippen LogP contribution in [-0.4, -0.2) is 58.7 Å². The number of phenols is 1. The van der Waals surface area contributed by atoms with E-state index < -0.39 is 29.1 Å². The highest BCUT2D eigenvalue weighted by Crippen LogP contribution is 2.44. The molecule has 0 aliphatic heterocycles. The van der Waals surface area contributed by atoms with Gasteiger partial charge in [-0.2, -0.15) is 0 Å². The van der Waals surface area contributed by atoms with E-state index in [-0.39, 0.29) is 17.2 Å². The monoisotopic (exact) mass is 417 g/mol. The van der Waals surface area contributed by atoms with Crippen molar-refractivity contribution in [3.05, 3.63) is 52.1 Å². The summed E-state index contributed by atoms with van der Waals surface area (Å²) in [5.41, 5.74) is 1.64. The molecule has 0 spiro atoms. The molecule has 0 bridgehead atoms. The molecule has 3 rings (SSSR count). The van der Waals surface area contributed by atoms with E-state index in [2.05, 4.69) is 10.2 Å². The summed E-state index contributed by atoms with van der Waals surface area (Å²) >= 11 is 0. The summed E-state index contributed by atoms with van der Waals surface area (Å²) in [7, 11) is 1.39. The average Bonchev–Trinajstić information content (AvgIpc) is 2.74. The van der Waals surface area contributed by atoms with Gasteiger partial charge in [0.15, 0.2) is 0 Å². The van der Waals surface area contributed by atoms with Gasteiger partial charge in [0.2, 0.25) is 0 Å². The predicted octanol–water partition coefficient (Wildman–Crippen LogP) is 2.45. The first-order valence-corrected chi connectivity index (χ1v) is 9.85. The van der Waals surface area contributed by atoms with Gasteiger partial charge in [-0.25, -0.2) is 0 Å². The molecule has 9 heteroatoms. The second kappa shape index (κ2) is 8.76. The molecule has 4 N–H and O–H groups in total. The summed E-state index contributed by atoms with van der Waals surface area (Å²) in [4.78, 5) is 12.5. The van der Waals surface area contributed by atoms with Gasteiger partial charge in [0, 0.05) is 42.4 Å². The second-order valence-electron chi connectivity index (χ2n) is 7.23. The predicted molar refractivity (Wildman–Crippen MR) is 113 cm³/mol. The number of benzene rings is 2. The summed E-state index contributed by atoms with van der Waals surface area (Å²) < 4.78 is 5.19. The maximum Gasteiger partial charge on any atom is 0.273 e. The number of aliphatic hydroxyl groups is 2. The fourth-order valence-corrected chi connectivity index (χ4v) is 3.94. The summed E-state index contributed by atoms with van der Waals surface area (Å²) in [6, 6.07) is 8.58. The first kappa shape index (κ1) is 21.7. The average molecular weight is 417 g/mol. The van der Waals surface area contributed by atoms with Gasteiger partial charge < -0.3 is 30.3 Å². The number of nitro benzene ring substituents is 1. The molecule has 1 aliphatic rings. The number of nitrogens with zero attached hydrogens (tertiary/aromatic N) is 2. The van der Waals surface area contributed by atoms with E-state index in [1.54, 1.807) is 12.1 Å². The van der Waals surface area contributed by atoms with E-state index in [1.165, 1.54) is 25.3 Å². The Labute approximate surface area is 174 Å². The number of ether oxygens (including phenoxy) is 1. The lowest BCUT2D eigenvalue weighted by atomic mass is 9.69. The number of non-ortho nitro benzene ring substituents is 1. The number of nitro groups is 1. The minimum Gasteiger partial charge on any atom is -0.508 e. The zero-order valence-corrected chi connectivity index (χ0v) is 17.1. The Kier molecular flexibility index (Phi) is 6.33. The molecule has 0 amide bonds. The van der Waals surface area contributed by atoms with Crippen LogP contribution in [0.1, 0.15) is 25.3 Å². The van der Waals surface area contributed by atoms with Crippen LogP contribution in [0, 0.1) is 10.1 Å². The van der Waals surface area contributed by atoms with Crippen molar-refractivity contribution in [2.24, 2.45) is 0 Å². The maximum atomic E-state index is 10.9. The molecular weight excluding hydrogens is 390 g/mol. The largest absolute Gasteiger partial charge is 0.508 e. The SMILES string of the molecule is CCN(CC)c1ccc(C2C(O)C(Nc3ccc([N+](=O)[O-])cc3OC)C2O)c(O)c1. The fraction of sp³-hybridized carbons (Fsp3) is 0.429. The van der Waals surface area contributed by atoms with E-state index in [4.69, 9.17) is 4.74 Å². The van der Waals surface area contributed by atoms with Crippen molar-refractivity contribution in [1.29, 1.82) is 0 Å². The van der Waals surface area contributed by atoms with Crippen LogP contribution in [0.2, 0.25) is 0 Å². The molecule has 0 saturated heterocycles. The van der Waals surface area contributed by atoms with Crippen LogP contribution < -0.4 is 15.0 Å². The zero-order valence-electron chi connectivity index (χ0n) is 17.1. The highest BCUT2D eigenvalue weighted by molar-refractivity contribution is 5.62. The Bertz CT molecular complexity index is 908. The van der Waals surface area contributed by atoms with Crippen LogP contribution in [0.5, 0.6) is 11.5 Å². The van der Waals surface area contributed by atoms with Crippen LogP contribution >= 0.6 is 0 Å². The third-order valence-electron chi connectivity index (χ3n) is 5.69. The fourth-order valence-electron chi connectivity index (χ4n) is 3.94. The Morgan fingerprint density at radius 3 is 2.33 bits per heavy atom. The van der Waals surface area contributed by atoms with Gasteiger partial charge >= 0.3 is 0 Å². The molecule has 0 radical (unpaired) electrons. The summed E-state index contributed by atoms with van der Waals surface area (Å²) in [6.45, 7) is 5.65. The summed E-state index contributed by atoms with van der Waals surface area (Å²) in [6.07, 6.45) is -1.93. The third-order valence-corrected chi connectivity index (χ3v) is 5.69. The first-order valence-electron chi connectivity index (χ1n) is 9.85. The number of phenolic OH excluding ortho intramolecular Hbond substituents is 1. The van der Waals surface area contributed by atoms with Gasteiger partial charge in [-0.15, -0.1) is 0 Å². The number of aliphatic hydroxyl groups excluding tert-OH is 2. The number of nitrogens with one attached hydrogen (secondary N) is 1. The Morgan fingerprint density at radius 1 is 1.13 bits per heavy atom. The van der Waals surface area contributed by atoms with E-state index in [9.17, 15) is 25.4 Å². The topological polar surface area (TPSA) is 128 Å². The van der Waals surface area contributed by atoms with E-state index >= 15 is 0 Å². The number of hydrogen-bond acceptors (Lipinski definition) is 8. The highest BCUT2D eigenvalue weighted by atomic mass is 16.6. The molecule has 0 heterocycles. The van der Waals surface area contributed by atoms with Crippen molar-refractivity contribution >= 4 is 17.1 Å². The molecule has 9 nitrogen and oxygen atoms in total. The smallest absolute Gasteiger partial charge is 0.273 e. The standard InChI is InChI=1S/C21H27N3O6/c1-4-23(5-2)12-6-8-14(16(25)10-12)18-20(26)19(21(18)27)22-15-9-7-13(24(28)29)11-17(15)30-3/h6-11,18-22,25-27H,4-5H2,1-3H3. The van der Waals surface area contributed by atoms with Gasteiger partial charge in [0.05, 0.1) is 42.0 Å². The van der Waals surface area contributed by atoms with Gasteiger partial charge in [-0.3, -0.25) is 10.1 Å². The highest BCUT2D eigenvalue weighted by Gasteiger charge is 2.51. The Balaban J connectivity index is 1.77. The zero-order chi connectivity index (χ0) is 22.0. The minimum atomic E-state index is -0.967. The quantitative estimate of drug-likeness (QED) is 0.381. The molecule has 1 aliphatic carbocycles. The Morgan fingerprint density at radius 2 is 1.80 bits per heavy atom. The van der Waals surface area contributed by atoms with Crippen LogP contribution in [-0.2, 0) is 0 Å². The van der Waals surface area contributed by atoms with Crippen molar-refractivity contribution in [2.45, 2.75) is 38.0 Å². The van der Waals surface area contributed by atoms with Crippen LogP contribution in [0.15, 0.2) is 36.4 Å². The lowest BCUT2D eigenvalue weighted by Crippen LogP contribution is -2.61. The number of methoxy groups -OCH3 is 1. The molecule has 0 aromatic heterocycles. The molecule has 2 unspecified atom stereocenters. The minimum absolute atomic E-state index is 0.0221. The van der Waals surface area contributed by atoms with Crippen LogP contribution in [0.25, 0.3) is 0 Å². The third kappa shape index (κ3) is 3.86. The van der Waals surface area contributed by atoms with E-state index in [1.807, 2.05) is 19.9 Å².